The van der Waals surface area contributed by atoms with Crippen LogP contribution in [0.3, 0.4) is 0 Å². The number of ether oxygens (including phenoxy) is 2. The van der Waals surface area contributed by atoms with Crippen LogP contribution in [-0.2, 0) is 6.11 Å². The van der Waals surface area contributed by atoms with Crippen molar-refractivity contribution < 1.29 is 49.0 Å². The highest BCUT2D eigenvalue weighted by Crippen LogP contribution is 2.42. The van der Waals surface area contributed by atoms with Crippen LogP contribution >= 0.6 is 11.6 Å². The summed E-state index contributed by atoms with van der Waals surface area (Å²) in [6.07, 6.45) is -1.51. The van der Waals surface area contributed by atoms with E-state index >= 15 is 8.78 Å². The van der Waals surface area contributed by atoms with E-state index in [2.05, 4.69) is 16.4 Å². The Hall–Kier alpha value is -3.34. The highest BCUT2D eigenvalue weighted by molar-refractivity contribution is 6.32. The average molecular weight is 637 g/mol. The molecule has 0 saturated heterocycles. The summed E-state index contributed by atoms with van der Waals surface area (Å²) in [4.78, 5) is 0. The van der Waals surface area contributed by atoms with Gasteiger partial charge in [0.1, 0.15) is 34.6 Å². The van der Waals surface area contributed by atoms with Gasteiger partial charge in [0.25, 0.3) is 6.43 Å². The second-order valence-electron chi connectivity index (χ2n) is 10.3. The van der Waals surface area contributed by atoms with Gasteiger partial charge in [-0.15, -0.1) is 0 Å². The molecule has 4 rings (SSSR count). The van der Waals surface area contributed by atoms with Gasteiger partial charge in [0.2, 0.25) is 0 Å². The van der Waals surface area contributed by atoms with Gasteiger partial charge in [0, 0.05) is 18.2 Å². The Bertz CT molecular complexity index is 1420. The van der Waals surface area contributed by atoms with Gasteiger partial charge in [-0.25, -0.2) is 30.7 Å². The van der Waals surface area contributed by atoms with Crippen LogP contribution in [0.1, 0.15) is 62.5 Å². The number of allylic oxidation sites excluding steroid dienone is 1. The van der Waals surface area contributed by atoms with Crippen LogP contribution < -0.4 is 9.47 Å². The summed E-state index contributed by atoms with van der Waals surface area (Å²) in [6, 6.07) is 3.81. The fourth-order valence-electron chi connectivity index (χ4n) is 5.37. The van der Waals surface area contributed by atoms with Crippen LogP contribution in [0, 0.1) is 35.0 Å². The van der Waals surface area contributed by atoms with Gasteiger partial charge in [0.15, 0.2) is 11.6 Å². The second-order valence-corrected chi connectivity index (χ2v) is 10.7. The highest BCUT2D eigenvalue weighted by Gasteiger charge is 2.42. The first-order valence-electron chi connectivity index (χ1n) is 13.5. The molecule has 0 spiro atoms. The van der Waals surface area contributed by atoms with E-state index < -0.39 is 74.8 Å². The van der Waals surface area contributed by atoms with Crippen LogP contribution in [0.15, 0.2) is 48.7 Å². The van der Waals surface area contributed by atoms with Crippen molar-refractivity contribution in [2.24, 2.45) is 5.92 Å². The van der Waals surface area contributed by atoms with Gasteiger partial charge in [-0.1, -0.05) is 31.4 Å². The predicted molar refractivity (Wildman–Crippen MR) is 143 cm³/mol. The van der Waals surface area contributed by atoms with Gasteiger partial charge in [0.05, 0.1) is 16.8 Å². The van der Waals surface area contributed by atoms with E-state index in [1.807, 2.05) is 0 Å². The molecule has 2 nitrogen and oxygen atoms in total. The monoisotopic (exact) mass is 636 g/mol. The smallest absolute Gasteiger partial charge is 0.432 e. The van der Waals surface area contributed by atoms with Crippen LogP contribution in [0.2, 0.25) is 5.02 Å². The Kier molecular flexibility index (Phi) is 10.2. The fraction of sp³-hybridized carbons (Fsp3) is 0.355. The van der Waals surface area contributed by atoms with Gasteiger partial charge < -0.3 is 9.47 Å². The molecular formula is C31H26ClF9O2. The van der Waals surface area contributed by atoms with Crippen LogP contribution in [0.5, 0.6) is 11.5 Å². The lowest BCUT2D eigenvalue weighted by molar-refractivity contribution is -0.189. The van der Waals surface area contributed by atoms with E-state index in [1.165, 1.54) is 0 Å². The molecule has 232 valence electrons. The third-order valence-electron chi connectivity index (χ3n) is 7.33. The maximum atomic E-state index is 15.1. The Morgan fingerprint density at radius 2 is 1.47 bits per heavy atom. The third kappa shape index (κ3) is 7.60. The molecule has 0 N–H and O–H groups in total. The van der Waals surface area contributed by atoms with E-state index in [0.29, 0.717) is 42.0 Å². The molecule has 0 aliphatic heterocycles. The minimum absolute atomic E-state index is 0.0779. The van der Waals surface area contributed by atoms with Crippen molar-refractivity contribution in [1.29, 1.82) is 0 Å². The van der Waals surface area contributed by atoms with Crippen LogP contribution in [0.25, 0.3) is 11.1 Å². The Labute approximate surface area is 247 Å². The van der Waals surface area contributed by atoms with Crippen molar-refractivity contribution in [2.45, 2.75) is 63.9 Å². The molecule has 0 atom stereocenters. The normalized spacial score (nSPS) is 17.6. The minimum atomic E-state index is -4.75. The number of hydrogen-bond acceptors (Lipinski definition) is 2. The average Bonchev–Trinajstić information content (AvgIpc) is 2.89. The number of rotatable bonds is 10. The van der Waals surface area contributed by atoms with Gasteiger partial charge in [-0.3, -0.25) is 0 Å². The summed E-state index contributed by atoms with van der Waals surface area (Å²) in [6.45, 7) is 2.09. The predicted octanol–water partition coefficient (Wildman–Crippen LogP) is 11.1. The van der Waals surface area contributed by atoms with Crippen molar-refractivity contribution >= 4 is 11.6 Å². The third-order valence-corrected chi connectivity index (χ3v) is 7.61. The van der Waals surface area contributed by atoms with Crippen molar-refractivity contribution in [3.05, 3.63) is 94.0 Å². The second kappa shape index (κ2) is 13.5. The van der Waals surface area contributed by atoms with Crippen molar-refractivity contribution in [3.63, 3.8) is 0 Å². The summed E-state index contributed by atoms with van der Waals surface area (Å²) in [7, 11) is 0. The molecule has 0 bridgehead atoms. The number of hydrogen-bond donors (Lipinski definition) is 0. The first-order valence-corrected chi connectivity index (χ1v) is 13.8. The molecule has 0 amide bonds. The molecule has 1 saturated carbocycles. The fourth-order valence-corrected chi connectivity index (χ4v) is 5.61. The highest BCUT2D eigenvalue weighted by atomic mass is 35.5. The van der Waals surface area contributed by atoms with Gasteiger partial charge in [-0.05, 0) is 72.9 Å². The zero-order chi connectivity index (χ0) is 31.5. The maximum absolute atomic E-state index is 15.1. The molecule has 3 aromatic rings. The summed E-state index contributed by atoms with van der Waals surface area (Å²) >= 11 is 5.75. The lowest BCUT2D eigenvalue weighted by atomic mass is 9.77. The number of benzene rings is 3. The van der Waals surface area contributed by atoms with Crippen molar-refractivity contribution in [3.8, 4) is 22.6 Å². The van der Waals surface area contributed by atoms with E-state index in [0.717, 1.165) is 50.7 Å². The van der Waals surface area contributed by atoms with Gasteiger partial charge >= 0.3 is 6.11 Å². The van der Waals surface area contributed by atoms with Crippen molar-refractivity contribution in [2.75, 3.05) is 0 Å². The van der Waals surface area contributed by atoms with Crippen LogP contribution in [0.4, 0.5) is 39.5 Å². The Morgan fingerprint density at radius 1 is 0.860 bits per heavy atom. The maximum Gasteiger partial charge on any atom is 0.432 e. The lowest BCUT2D eigenvalue weighted by Crippen LogP contribution is -2.25. The van der Waals surface area contributed by atoms with E-state index in [4.69, 9.17) is 11.6 Å². The molecular weight excluding hydrogens is 611 g/mol. The summed E-state index contributed by atoms with van der Waals surface area (Å²) < 4.78 is 138. The largest absolute Gasteiger partial charge is 0.460 e. The first kappa shape index (κ1) is 32.6. The summed E-state index contributed by atoms with van der Waals surface area (Å²) in [5, 5.41) is -0.676. The quantitative estimate of drug-likeness (QED) is 0.163. The molecule has 1 fully saturated rings. The molecule has 0 unspecified atom stereocenters. The molecule has 3 aromatic carbocycles. The number of alkyl halides is 4. The Morgan fingerprint density at radius 3 is 2.00 bits per heavy atom. The zero-order valence-electron chi connectivity index (χ0n) is 22.7. The summed E-state index contributed by atoms with van der Waals surface area (Å²) in [5.41, 5.74) is -2.94. The van der Waals surface area contributed by atoms with E-state index in [9.17, 15) is 30.7 Å². The SMILES string of the molecule is CCCC1CCC(c2cc(F)c(-c3cc(F)c(C(F)(F)Oc4cc(F)c(O/C=C/C(F)F)c(Cl)c4)c(F)c3)c(F)c2)CC1. The molecule has 0 radical (unpaired) electrons. The Balaban J connectivity index is 1.57. The van der Waals surface area contributed by atoms with Gasteiger partial charge in [-0.2, -0.15) is 8.78 Å². The molecule has 1 aliphatic rings. The molecule has 0 aromatic heterocycles. The zero-order valence-corrected chi connectivity index (χ0v) is 23.4. The van der Waals surface area contributed by atoms with E-state index in [-0.39, 0.29) is 12.0 Å². The number of halogens is 10. The first-order chi connectivity index (χ1) is 20.3. The van der Waals surface area contributed by atoms with Crippen LogP contribution in [-0.4, -0.2) is 6.43 Å². The topological polar surface area (TPSA) is 18.5 Å². The standard InChI is InChI=1S/C31H26ClF9O2/c1-2-3-16-4-6-17(7-5-16)18-10-22(33)28(23(34)11-18)19-12-24(35)29(25(36)13-19)31(40,41)43-20-14-21(32)30(26(37)15-20)42-9-8-27(38)39/h8-17,27H,2-7H2,1H3/b9-8+. The lowest BCUT2D eigenvalue weighted by Gasteiger charge is -2.29. The van der Waals surface area contributed by atoms with E-state index in [1.54, 1.807) is 0 Å². The molecule has 1 aliphatic carbocycles. The molecule has 0 heterocycles. The minimum Gasteiger partial charge on any atom is -0.460 e. The molecule has 43 heavy (non-hydrogen) atoms. The molecule has 12 heteroatoms. The van der Waals surface area contributed by atoms with Crippen molar-refractivity contribution in [1.82, 2.24) is 0 Å². The summed E-state index contributed by atoms with van der Waals surface area (Å²) in [5.74, 6) is -8.68.